The molecule has 5 aromatic rings. The van der Waals surface area contributed by atoms with E-state index in [2.05, 4.69) is 51.3 Å². The fraction of sp³-hybridized carbons (Fsp3) is 0.0833. The molecule has 0 saturated carbocycles. The molecule has 0 atom stereocenters. The lowest BCUT2D eigenvalue weighted by Crippen LogP contribution is -2.07. The summed E-state index contributed by atoms with van der Waals surface area (Å²) in [7, 11) is 4.07. The predicted octanol–water partition coefficient (Wildman–Crippen LogP) is 5.35. The van der Waals surface area contributed by atoms with Crippen LogP contribution in [0.15, 0.2) is 79.0 Å². The van der Waals surface area contributed by atoms with Gasteiger partial charge in [-0.25, -0.2) is 9.97 Å². The normalized spacial score (nSPS) is 11.1. The zero-order chi connectivity index (χ0) is 19.8. The van der Waals surface area contributed by atoms with Crippen molar-refractivity contribution in [1.82, 2.24) is 19.9 Å². The van der Waals surface area contributed by atoms with Gasteiger partial charge in [-0.05, 0) is 18.2 Å². The van der Waals surface area contributed by atoms with Crippen LogP contribution >= 0.6 is 0 Å². The Morgan fingerprint density at radius 2 is 1.48 bits per heavy atom. The Morgan fingerprint density at radius 1 is 0.759 bits per heavy atom. The van der Waals surface area contributed by atoms with Crippen LogP contribution in [0.25, 0.3) is 45.1 Å². The van der Waals surface area contributed by atoms with Gasteiger partial charge in [-0.1, -0.05) is 54.6 Å². The average Bonchev–Trinajstić information content (AvgIpc) is 3.41. The highest BCUT2D eigenvalue weighted by molar-refractivity contribution is 5.86. The van der Waals surface area contributed by atoms with Gasteiger partial charge in [-0.15, -0.1) is 0 Å². The van der Waals surface area contributed by atoms with Gasteiger partial charge in [0.05, 0.1) is 16.7 Å². The Balaban J connectivity index is 1.58. The third kappa shape index (κ3) is 3.17. The second-order valence-electron chi connectivity index (χ2n) is 7.23. The molecule has 0 radical (unpaired) electrons. The van der Waals surface area contributed by atoms with Gasteiger partial charge in [-0.3, -0.25) is 0 Å². The highest BCUT2D eigenvalue weighted by Crippen LogP contribution is 2.32. The molecule has 0 spiro atoms. The molecule has 0 bridgehead atoms. The summed E-state index contributed by atoms with van der Waals surface area (Å²) in [6, 6.07) is 24.6. The van der Waals surface area contributed by atoms with E-state index in [1.54, 1.807) is 0 Å². The molecular weight excluding hydrogens is 358 g/mol. The highest BCUT2D eigenvalue weighted by Gasteiger charge is 2.14. The zero-order valence-electron chi connectivity index (χ0n) is 16.3. The summed E-state index contributed by atoms with van der Waals surface area (Å²) in [4.78, 5) is 18.5. The maximum atomic E-state index is 4.82. The molecule has 0 saturated heterocycles. The lowest BCUT2D eigenvalue weighted by atomic mass is 10.1. The number of rotatable bonds is 4. The van der Waals surface area contributed by atoms with Gasteiger partial charge in [-0.2, -0.15) is 0 Å². The second-order valence-corrected chi connectivity index (χ2v) is 7.23. The number of aromatic nitrogens is 4. The van der Waals surface area contributed by atoms with Crippen LogP contribution in [0.2, 0.25) is 0 Å². The first-order valence-corrected chi connectivity index (χ1v) is 9.57. The van der Waals surface area contributed by atoms with Crippen molar-refractivity contribution in [2.75, 3.05) is 19.0 Å². The van der Waals surface area contributed by atoms with E-state index >= 15 is 0 Å². The quantitative estimate of drug-likeness (QED) is 0.442. The Bertz CT molecular complexity index is 1280. The Hall–Kier alpha value is -3.86. The molecule has 142 valence electrons. The molecule has 0 amide bonds. The molecule has 5 heteroatoms. The molecular formula is C24H21N5. The van der Waals surface area contributed by atoms with Crippen molar-refractivity contribution < 1.29 is 0 Å². The smallest absolute Gasteiger partial charge is 0.139 e. The molecule has 5 nitrogen and oxygen atoms in total. The maximum absolute atomic E-state index is 4.82. The van der Waals surface area contributed by atoms with Gasteiger partial charge < -0.3 is 14.9 Å². The molecule has 0 fully saturated rings. The molecule has 0 aliphatic rings. The molecule has 5 rings (SSSR count). The Labute approximate surface area is 169 Å². The first-order chi connectivity index (χ1) is 14.2. The third-order valence-corrected chi connectivity index (χ3v) is 5.07. The Morgan fingerprint density at radius 3 is 2.24 bits per heavy atom. The fourth-order valence-electron chi connectivity index (χ4n) is 3.52. The van der Waals surface area contributed by atoms with E-state index in [-0.39, 0.29) is 0 Å². The first kappa shape index (κ1) is 17.3. The van der Waals surface area contributed by atoms with Gasteiger partial charge in [0.15, 0.2) is 0 Å². The summed E-state index contributed by atoms with van der Waals surface area (Å²) >= 11 is 0. The standard InChI is InChI=1S/C24H21N5/c1-29(2)17-12-13-20-21(14-17)27-24(26-20)19-11-7-6-10-18(19)23-25-15-22(28-23)16-8-4-3-5-9-16/h3-15H,1-2H3,(H,25,28)(H,26,27). The predicted molar refractivity (Wildman–Crippen MR) is 119 cm³/mol. The third-order valence-electron chi connectivity index (χ3n) is 5.07. The minimum absolute atomic E-state index is 0.828. The van der Waals surface area contributed by atoms with E-state index < -0.39 is 0 Å². The number of H-pyrrole nitrogens is 2. The van der Waals surface area contributed by atoms with Crippen LogP contribution in [0.1, 0.15) is 0 Å². The van der Waals surface area contributed by atoms with Crippen molar-refractivity contribution >= 4 is 16.7 Å². The van der Waals surface area contributed by atoms with E-state index in [1.807, 2.05) is 56.7 Å². The van der Waals surface area contributed by atoms with E-state index in [9.17, 15) is 0 Å². The summed E-state index contributed by atoms with van der Waals surface area (Å²) in [5.74, 6) is 1.66. The van der Waals surface area contributed by atoms with Crippen LogP contribution in [0, 0.1) is 0 Å². The van der Waals surface area contributed by atoms with Crippen LogP contribution in [-0.2, 0) is 0 Å². The summed E-state index contributed by atoms with van der Waals surface area (Å²) in [5, 5.41) is 0. The largest absolute Gasteiger partial charge is 0.378 e. The van der Waals surface area contributed by atoms with Crippen molar-refractivity contribution in [2.45, 2.75) is 0 Å². The minimum Gasteiger partial charge on any atom is -0.378 e. The van der Waals surface area contributed by atoms with Gasteiger partial charge >= 0.3 is 0 Å². The maximum Gasteiger partial charge on any atom is 0.139 e. The number of hydrogen-bond acceptors (Lipinski definition) is 3. The first-order valence-electron chi connectivity index (χ1n) is 9.57. The van der Waals surface area contributed by atoms with Crippen molar-refractivity contribution in [3.05, 3.63) is 79.0 Å². The van der Waals surface area contributed by atoms with Crippen LogP contribution in [0.5, 0.6) is 0 Å². The summed E-state index contributed by atoms with van der Waals surface area (Å²) in [6.45, 7) is 0. The van der Waals surface area contributed by atoms with Crippen molar-refractivity contribution in [3.8, 4) is 34.0 Å². The van der Waals surface area contributed by atoms with Crippen LogP contribution in [-0.4, -0.2) is 34.0 Å². The van der Waals surface area contributed by atoms with Crippen molar-refractivity contribution in [2.24, 2.45) is 0 Å². The summed E-state index contributed by atoms with van der Waals surface area (Å²) in [6.07, 6.45) is 1.95. The van der Waals surface area contributed by atoms with E-state index in [1.165, 1.54) is 0 Å². The number of anilines is 1. The molecule has 2 N–H and O–H groups in total. The molecule has 2 heterocycles. The van der Waals surface area contributed by atoms with Gasteiger partial charge in [0, 0.05) is 42.7 Å². The zero-order valence-corrected chi connectivity index (χ0v) is 16.3. The fourth-order valence-corrected chi connectivity index (χ4v) is 3.52. The lowest BCUT2D eigenvalue weighted by molar-refractivity contribution is 1.13. The molecule has 2 aromatic heterocycles. The number of benzene rings is 3. The van der Waals surface area contributed by atoms with Gasteiger partial charge in [0.25, 0.3) is 0 Å². The SMILES string of the molecule is CN(C)c1ccc2nc(-c3ccccc3-c3nc(-c4ccccc4)c[nH]3)[nH]c2c1. The lowest BCUT2D eigenvalue weighted by Gasteiger charge is -2.11. The van der Waals surface area contributed by atoms with Crippen LogP contribution in [0.4, 0.5) is 5.69 Å². The number of hydrogen-bond donors (Lipinski definition) is 2. The van der Waals surface area contributed by atoms with Crippen molar-refractivity contribution in [3.63, 3.8) is 0 Å². The average molecular weight is 379 g/mol. The molecule has 29 heavy (non-hydrogen) atoms. The summed E-state index contributed by atoms with van der Waals surface area (Å²) < 4.78 is 0. The van der Waals surface area contributed by atoms with Crippen LogP contribution < -0.4 is 4.90 Å². The van der Waals surface area contributed by atoms with Gasteiger partial charge in [0.1, 0.15) is 11.6 Å². The summed E-state index contributed by atoms with van der Waals surface area (Å²) in [5.41, 5.74) is 7.16. The Kier molecular flexibility index (Phi) is 4.13. The number of nitrogens with one attached hydrogen (secondary N) is 2. The molecule has 0 aliphatic heterocycles. The van der Waals surface area contributed by atoms with Crippen LogP contribution in [0.3, 0.4) is 0 Å². The van der Waals surface area contributed by atoms with E-state index in [4.69, 9.17) is 9.97 Å². The number of fused-ring (bicyclic) bond motifs is 1. The molecule has 0 unspecified atom stereocenters. The monoisotopic (exact) mass is 379 g/mol. The number of aromatic amines is 2. The number of nitrogens with zero attached hydrogens (tertiary/aromatic N) is 3. The van der Waals surface area contributed by atoms with Crippen molar-refractivity contribution in [1.29, 1.82) is 0 Å². The van der Waals surface area contributed by atoms with E-state index in [0.29, 0.717) is 0 Å². The number of imidazole rings is 2. The second kappa shape index (κ2) is 6.95. The minimum atomic E-state index is 0.828. The van der Waals surface area contributed by atoms with Gasteiger partial charge in [0.2, 0.25) is 0 Å². The highest BCUT2D eigenvalue weighted by atomic mass is 15.1. The molecule has 0 aliphatic carbocycles. The molecule has 3 aromatic carbocycles. The van der Waals surface area contributed by atoms with E-state index in [0.717, 1.165) is 50.8 Å². The topological polar surface area (TPSA) is 60.6 Å².